The molecule has 2 aromatic rings. The van der Waals surface area contributed by atoms with Crippen molar-refractivity contribution in [3.8, 4) is 11.3 Å². The summed E-state index contributed by atoms with van der Waals surface area (Å²) in [6.07, 6.45) is -3.96. The second kappa shape index (κ2) is 7.42. The molecule has 1 aliphatic heterocycles. The van der Waals surface area contributed by atoms with E-state index in [0.717, 1.165) is 4.47 Å². The van der Waals surface area contributed by atoms with Crippen molar-refractivity contribution in [3.05, 3.63) is 40.3 Å². The molecule has 28 heavy (non-hydrogen) atoms. The minimum Gasteiger partial charge on any atom is -0.444 e. The molecule has 0 saturated carbocycles. The van der Waals surface area contributed by atoms with Crippen molar-refractivity contribution in [1.82, 2.24) is 14.9 Å². The standard InChI is InChI=1S/C19H21BrF3N3O2/c1-18(2,3)28-17(27)26-10-4-5-13(26)16-24-14(15(25-16)19(21,22)23)11-6-8-12(20)9-7-11/h6-9,13H,4-5,10H2,1-3H3,(H,24,25)/t13-/m0/s1. The molecule has 1 aromatic heterocycles. The number of carbonyl (C=O) groups excluding carboxylic acids is 1. The van der Waals surface area contributed by atoms with Gasteiger partial charge in [-0.25, -0.2) is 9.78 Å². The largest absolute Gasteiger partial charge is 0.444 e. The highest BCUT2D eigenvalue weighted by Crippen LogP contribution is 2.39. The summed E-state index contributed by atoms with van der Waals surface area (Å²) in [5, 5.41) is 0. The molecule has 0 spiro atoms. The molecule has 1 amide bonds. The number of likely N-dealkylation sites (tertiary alicyclic amines) is 1. The van der Waals surface area contributed by atoms with Crippen molar-refractivity contribution in [2.75, 3.05) is 6.54 Å². The van der Waals surface area contributed by atoms with Crippen LogP contribution in [-0.2, 0) is 10.9 Å². The number of aromatic nitrogens is 2. The molecule has 1 aromatic carbocycles. The Morgan fingerprint density at radius 3 is 2.46 bits per heavy atom. The third-order valence-electron chi connectivity index (χ3n) is 4.32. The topological polar surface area (TPSA) is 58.2 Å². The Morgan fingerprint density at radius 1 is 1.25 bits per heavy atom. The second-order valence-electron chi connectivity index (χ2n) is 7.68. The summed E-state index contributed by atoms with van der Waals surface area (Å²) in [4.78, 5) is 20.6. The molecule has 1 fully saturated rings. The van der Waals surface area contributed by atoms with Crippen molar-refractivity contribution < 1.29 is 22.7 Å². The van der Waals surface area contributed by atoms with Gasteiger partial charge >= 0.3 is 12.3 Å². The highest BCUT2D eigenvalue weighted by molar-refractivity contribution is 9.10. The van der Waals surface area contributed by atoms with Crippen LogP contribution >= 0.6 is 15.9 Å². The normalized spacial score (nSPS) is 17.8. The van der Waals surface area contributed by atoms with E-state index in [0.29, 0.717) is 24.9 Å². The lowest BCUT2D eigenvalue weighted by molar-refractivity contribution is -0.140. The van der Waals surface area contributed by atoms with Crippen LogP contribution in [-0.4, -0.2) is 33.1 Å². The predicted molar refractivity (Wildman–Crippen MR) is 102 cm³/mol. The van der Waals surface area contributed by atoms with Crippen molar-refractivity contribution in [1.29, 1.82) is 0 Å². The number of halogens is 4. The van der Waals surface area contributed by atoms with Gasteiger partial charge in [0.2, 0.25) is 0 Å². The quantitative estimate of drug-likeness (QED) is 0.605. The molecule has 152 valence electrons. The van der Waals surface area contributed by atoms with Crippen LogP contribution < -0.4 is 0 Å². The number of aromatic amines is 1. The van der Waals surface area contributed by atoms with Gasteiger partial charge in [0, 0.05) is 16.6 Å². The number of amides is 1. The summed E-state index contributed by atoms with van der Waals surface area (Å²) in [6.45, 7) is 5.65. The molecular weight excluding hydrogens is 439 g/mol. The summed E-state index contributed by atoms with van der Waals surface area (Å²) < 4.78 is 47.0. The Labute approximate surface area is 169 Å². The van der Waals surface area contributed by atoms with Crippen LogP contribution in [0.25, 0.3) is 11.3 Å². The maximum Gasteiger partial charge on any atom is 0.433 e. The van der Waals surface area contributed by atoms with E-state index in [1.807, 2.05) is 0 Å². The van der Waals surface area contributed by atoms with Crippen LogP contribution in [0.2, 0.25) is 0 Å². The lowest BCUT2D eigenvalue weighted by Crippen LogP contribution is -2.36. The molecule has 2 heterocycles. The number of hydrogen-bond acceptors (Lipinski definition) is 3. The Bertz CT molecular complexity index is 857. The van der Waals surface area contributed by atoms with Crippen molar-refractivity contribution in [2.24, 2.45) is 0 Å². The Balaban J connectivity index is 1.98. The van der Waals surface area contributed by atoms with Gasteiger partial charge in [-0.1, -0.05) is 28.1 Å². The average Bonchev–Trinajstić information content (AvgIpc) is 3.20. The number of ether oxygens (including phenoxy) is 1. The van der Waals surface area contributed by atoms with Gasteiger partial charge in [0.05, 0.1) is 6.04 Å². The molecule has 1 N–H and O–H groups in total. The minimum atomic E-state index is -4.59. The molecule has 1 aliphatic rings. The maximum atomic E-state index is 13.6. The van der Waals surface area contributed by atoms with Crippen molar-refractivity contribution in [2.45, 2.75) is 51.4 Å². The molecular formula is C19H21BrF3N3O2. The first kappa shape index (κ1) is 20.7. The fourth-order valence-electron chi connectivity index (χ4n) is 3.16. The van der Waals surface area contributed by atoms with Gasteiger partial charge in [0.15, 0.2) is 0 Å². The molecule has 0 bridgehead atoms. The Morgan fingerprint density at radius 2 is 1.89 bits per heavy atom. The first-order valence-electron chi connectivity index (χ1n) is 8.88. The molecule has 0 aliphatic carbocycles. The van der Waals surface area contributed by atoms with Crippen molar-refractivity contribution in [3.63, 3.8) is 0 Å². The monoisotopic (exact) mass is 459 g/mol. The fourth-order valence-corrected chi connectivity index (χ4v) is 3.43. The van der Waals surface area contributed by atoms with E-state index >= 15 is 0 Å². The first-order chi connectivity index (χ1) is 13.0. The summed E-state index contributed by atoms with van der Waals surface area (Å²) in [5.41, 5.74) is -1.43. The van der Waals surface area contributed by atoms with Crippen LogP contribution in [0.4, 0.5) is 18.0 Å². The fraction of sp³-hybridized carbons (Fsp3) is 0.474. The number of rotatable bonds is 2. The van der Waals surface area contributed by atoms with E-state index in [1.54, 1.807) is 45.0 Å². The number of H-pyrrole nitrogens is 1. The molecule has 0 unspecified atom stereocenters. The highest BCUT2D eigenvalue weighted by atomic mass is 79.9. The predicted octanol–water partition coefficient (Wildman–Crippen LogP) is 5.93. The molecule has 0 radical (unpaired) electrons. The summed E-state index contributed by atoms with van der Waals surface area (Å²) in [5.74, 6) is 0.119. The maximum absolute atomic E-state index is 13.6. The number of alkyl halides is 3. The third kappa shape index (κ3) is 4.51. The van der Waals surface area contributed by atoms with Crippen molar-refractivity contribution >= 4 is 22.0 Å². The summed E-state index contributed by atoms with van der Waals surface area (Å²) in [7, 11) is 0. The third-order valence-corrected chi connectivity index (χ3v) is 4.85. The number of hydrogen-bond donors (Lipinski definition) is 1. The zero-order chi connectivity index (χ0) is 20.7. The van der Waals surface area contributed by atoms with Gasteiger partial charge in [-0.05, 0) is 45.7 Å². The molecule has 9 heteroatoms. The SMILES string of the molecule is CC(C)(C)OC(=O)N1CCC[C@H]1c1nc(-c2ccc(Br)cc2)c(C(F)(F)F)[nH]1. The Hall–Kier alpha value is -2.03. The van der Waals surface area contributed by atoms with Crippen LogP contribution in [0, 0.1) is 0 Å². The van der Waals surface area contributed by atoms with Gasteiger partial charge in [-0.3, -0.25) is 4.90 Å². The zero-order valence-electron chi connectivity index (χ0n) is 15.7. The van der Waals surface area contributed by atoms with E-state index in [4.69, 9.17) is 4.74 Å². The van der Waals surface area contributed by atoms with Crippen LogP contribution in [0.15, 0.2) is 28.7 Å². The number of nitrogens with zero attached hydrogens (tertiary/aromatic N) is 2. The highest BCUT2D eigenvalue weighted by Gasteiger charge is 2.41. The van der Waals surface area contributed by atoms with Gasteiger partial charge in [-0.2, -0.15) is 13.2 Å². The molecule has 1 saturated heterocycles. The average molecular weight is 460 g/mol. The molecule has 5 nitrogen and oxygen atoms in total. The molecule has 3 rings (SSSR count). The summed E-state index contributed by atoms with van der Waals surface area (Å²) in [6, 6.07) is 5.87. The second-order valence-corrected chi connectivity index (χ2v) is 8.60. The number of imidazole rings is 1. The van der Waals surface area contributed by atoms with Gasteiger partial charge in [0.1, 0.15) is 22.8 Å². The van der Waals surface area contributed by atoms with E-state index in [-0.39, 0.29) is 11.5 Å². The number of benzene rings is 1. The lowest BCUT2D eigenvalue weighted by atomic mass is 10.1. The number of nitrogens with one attached hydrogen (secondary N) is 1. The van der Waals surface area contributed by atoms with E-state index < -0.39 is 29.6 Å². The van der Waals surface area contributed by atoms with Crippen LogP contribution in [0.3, 0.4) is 0 Å². The Kier molecular flexibility index (Phi) is 5.49. The van der Waals surface area contributed by atoms with Gasteiger partial charge in [-0.15, -0.1) is 0 Å². The van der Waals surface area contributed by atoms with Gasteiger partial charge in [0.25, 0.3) is 0 Å². The van der Waals surface area contributed by atoms with E-state index in [1.165, 1.54) is 4.90 Å². The number of carbonyl (C=O) groups is 1. The first-order valence-corrected chi connectivity index (χ1v) is 9.67. The van der Waals surface area contributed by atoms with E-state index in [2.05, 4.69) is 25.9 Å². The minimum absolute atomic E-state index is 0.119. The smallest absolute Gasteiger partial charge is 0.433 e. The van der Waals surface area contributed by atoms with E-state index in [9.17, 15) is 18.0 Å². The zero-order valence-corrected chi connectivity index (χ0v) is 17.3. The lowest BCUT2D eigenvalue weighted by Gasteiger charge is -2.27. The van der Waals surface area contributed by atoms with Gasteiger partial charge < -0.3 is 9.72 Å². The summed E-state index contributed by atoms with van der Waals surface area (Å²) >= 11 is 3.27. The molecule has 1 atom stereocenters. The van der Waals surface area contributed by atoms with Crippen LogP contribution in [0.5, 0.6) is 0 Å². The van der Waals surface area contributed by atoms with Crippen LogP contribution in [0.1, 0.15) is 51.2 Å².